The van der Waals surface area contributed by atoms with E-state index in [1.165, 1.54) is 24.8 Å². The molecular formula is C16H21N3. The minimum Gasteiger partial charge on any atom is -0.283 e. The van der Waals surface area contributed by atoms with Gasteiger partial charge in [-0.25, -0.2) is 0 Å². The van der Waals surface area contributed by atoms with Crippen LogP contribution in [0.3, 0.4) is 0 Å². The first-order valence-electron chi connectivity index (χ1n) is 7.32. The molecule has 0 radical (unpaired) electrons. The monoisotopic (exact) mass is 255 g/mol. The average molecular weight is 255 g/mol. The van der Waals surface area contributed by atoms with Crippen LogP contribution in [-0.2, 0) is 6.54 Å². The lowest BCUT2D eigenvalue weighted by Crippen LogP contribution is -2.58. The number of nitriles is 1. The Balaban J connectivity index is 1.73. The van der Waals surface area contributed by atoms with Gasteiger partial charge in [0.1, 0.15) is 0 Å². The lowest BCUT2D eigenvalue weighted by atomic mass is 9.96. The Labute approximate surface area is 115 Å². The Morgan fingerprint density at radius 1 is 1.11 bits per heavy atom. The molecule has 0 saturated carbocycles. The summed E-state index contributed by atoms with van der Waals surface area (Å²) in [6.45, 7) is 3.27. The number of hydrogen-bond acceptors (Lipinski definition) is 3. The van der Waals surface area contributed by atoms with Gasteiger partial charge in [-0.1, -0.05) is 30.3 Å². The Morgan fingerprint density at radius 2 is 1.95 bits per heavy atom. The van der Waals surface area contributed by atoms with Crippen molar-refractivity contribution in [1.29, 1.82) is 5.26 Å². The first-order valence-corrected chi connectivity index (χ1v) is 7.32. The number of hydrogen-bond donors (Lipinski definition) is 0. The molecule has 3 rings (SSSR count). The topological polar surface area (TPSA) is 30.3 Å². The molecule has 2 saturated heterocycles. The molecule has 2 aliphatic rings. The molecule has 3 nitrogen and oxygen atoms in total. The van der Waals surface area contributed by atoms with Crippen molar-refractivity contribution in [2.24, 2.45) is 0 Å². The maximum atomic E-state index is 9.30. The molecule has 0 N–H and O–H groups in total. The summed E-state index contributed by atoms with van der Waals surface area (Å²) in [5.41, 5.74) is 1.38. The van der Waals surface area contributed by atoms with Crippen LogP contribution in [0.4, 0.5) is 0 Å². The van der Waals surface area contributed by atoms with E-state index in [0.717, 1.165) is 26.1 Å². The van der Waals surface area contributed by atoms with E-state index in [-0.39, 0.29) is 6.04 Å². The summed E-state index contributed by atoms with van der Waals surface area (Å²) in [5.74, 6) is 0. The summed E-state index contributed by atoms with van der Waals surface area (Å²) in [6, 6.07) is 13.3. The third kappa shape index (κ3) is 2.65. The van der Waals surface area contributed by atoms with Crippen molar-refractivity contribution in [2.45, 2.75) is 44.4 Å². The van der Waals surface area contributed by atoms with Crippen molar-refractivity contribution in [1.82, 2.24) is 9.80 Å². The highest BCUT2D eigenvalue weighted by Crippen LogP contribution is 2.29. The first kappa shape index (κ1) is 12.7. The molecule has 2 unspecified atom stereocenters. The first-order chi connectivity index (χ1) is 9.38. The SMILES string of the molecule is N#CC1CCCC2N(Cc3ccccc3)CCCN12. The van der Waals surface area contributed by atoms with Crippen molar-refractivity contribution in [3.8, 4) is 6.07 Å². The Bertz CT molecular complexity index is 451. The van der Waals surface area contributed by atoms with Gasteiger partial charge in [-0.3, -0.25) is 9.80 Å². The Morgan fingerprint density at radius 3 is 2.74 bits per heavy atom. The molecule has 19 heavy (non-hydrogen) atoms. The third-order valence-corrected chi connectivity index (χ3v) is 4.38. The number of fused-ring (bicyclic) bond motifs is 1. The zero-order valence-corrected chi connectivity index (χ0v) is 11.3. The summed E-state index contributed by atoms with van der Waals surface area (Å²) in [7, 11) is 0. The maximum Gasteiger partial charge on any atom is 0.0990 e. The van der Waals surface area contributed by atoms with Crippen molar-refractivity contribution < 1.29 is 0 Å². The molecule has 0 aromatic heterocycles. The van der Waals surface area contributed by atoms with E-state index in [0.29, 0.717) is 6.17 Å². The molecule has 0 amide bonds. The van der Waals surface area contributed by atoms with Gasteiger partial charge in [0, 0.05) is 19.6 Å². The molecule has 0 bridgehead atoms. The van der Waals surface area contributed by atoms with Crippen molar-refractivity contribution in [3.63, 3.8) is 0 Å². The second-order valence-corrected chi connectivity index (χ2v) is 5.60. The number of nitrogens with zero attached hydrogens (tertiary/aromatic N) is 3. The van der Waals surface area contributed by atoms with Crippen LogP contribution in [0.15, 0.2) is 30.3 Å². The van der Waals surface area contributed by atoms with Gasteiger partial charge in [-0.15, -0.1) is 0 Å². The van der Waals surface area contributed by atoms with Gasteiger partial charge in [0.05, 0.1) is 18.3 Å². The maximum absolute atomic E-state index is 9.30. The van der Waals surface area contributed by atoms with Crippen LogP contribution in [0.2, 0.25) is 0 Å². The number of rotatable bonds is 2. The third-order valence-electron chi connectivity index (χ3n) is 4.38. The summed E-state index contributed by atoms with van der Waals surface area (Å²) >= 11 is 0. The fourth-order valence-electron chi connectivity index (χ4n) is 3.48. The van der Waals surface area contributed by atoms with Gasteiger partial charge in [0.15, 0.2) is 0 Å². The van der Waals surface area contributed by atoms with Gasteiger partial charge >= 0.3 is 0 Å². The molecule has 1 aromatic rings. The predicted octanol–water partition coefficient (Wildman–Crippen LogP) is 2.60. The lowest BCUT2D eigenvalue weighted by molar-refractivity contribution is -0.0423. The number of benzene rings is 1. The fraction of sp³-hybridized carbons (Fsp3) is 0.562. The van der Waals surface area contributed by atoms with E-state index >= 15 is 0 Å². The summed E-state index contributed by atoms with van der Waals surface area (Å²) < 4.78 is 0. The van der Waals surface area contributed by atoms with E-state index in [1.807, 2.05) is 0 Å². The van der Waals surface area contributed by atoms with E-state index in [4.69, 9.17) is 0 Å². The average Bonchev–Trinajstić information content (AvgIpc) is 2.48. The zero-order valence-electron chi connectivity index (χ0n) is 11.3. The molecule has 0 aliphatic carbocycles. The normalized spacial score (nSPS) is 28.6. The van der Waals surface area contributed by atoms with Crippen molar-refractivity contribution >= 4 is 0 Å². The Kier molecular flexibility index (Phi) is 3.82. The van der Waals surface area contributed by atoms with Gasteiger partial charge in [-0.2, -0.15) is 5.26 Å². The van der Waals surface area contributed by atoms with Gasteiger partial charge < -0.3 is 0 Å². The van der Waals surface area contributed by atoms with Crippen LogP contribution in [0.5, 0.6) is 0 Å². The highest BCUT2D eigenvalue weighted by molar-refractivity contribution is 5.15. The van der Waals surface area contributed by atoms with Crippen LogP contribution < -0.4 is 0 Å². The largest absolute Gasteiger partial charge is 0.283 e. The second-order valence-electron chi connectivity index (χ2n) is 5.60. The standard InChI is InChI=1S/C16H21N3/c17-12-15-8-4-9-16-18(10-5-11-19(15)16)13-14-6-2-1-3-7-14/h1-3,6-7,15-16H,4-5,8-11,13H2. The van der Waals surface area contributed by atoms with Crippen LogP contribution in [-0.4, -0.2) is 35.1 Å². The fourth-order valence-corrected chi connectivity index (χ4v) is 3.48. The zero-order chi connectivity index (χ0) is 13.1. The van der Waals surface area contributed by atoms with Gasteiger partial charge in [0.2, 0.25) is 0 Å². The highest BCUT2D eigenvalue weighted by Gasteiger charge is 2.36. The van der Waals surface area contributed by atoms with Crippen LogP contribution in [0.1, 0.15) is 31.2 Å². The quantitative estimate of drug-likeness (QED) is 0.813. The molecule has 100 valence electrons. The van der Waals surface area contributed by atoms with E-state index < -0.39 is 0 Å². The lowest BCUT2D eigenvalue weighted by Gasteiger charge is -2.48. The molecular weight excluding hydrogens is 234 g/mol. The number of piperidine rings is 1. The highest BCUT2D eigenvalue weighted by atomic mass is 15.4. The van der Waals surface area contributed by atoms with E-state index in [2.05, 4.69) is 46.2 Å². The minimum atomic E-state index is 0.136. The second kappa shape index (κ2) is 5.73. The minimum absolute atomic E-state index is 0.136. The summed E-state index contributed by atoms with van der Waals surface area (Å²) in [6.07, 6.45) is 5.11. The van der Waals surface area contributed by atoms with Crippen LogP contribution in [0, 0.1) is 11.3 Å². The molecule has 2 fully saturated rings. The molecule has 2 heterocycles. The van der Waals surface area contributed by atoms with E-state index in [9.17, 15) is 5.26 Å². The van der Waals surface area contributed by atoms with Gasteiger partial charge in [-0.05, 0) is 31.2 Å². The van der Waals surface area contributed by atoms with Crippen LogP contribution in [0.25, 0.3) is 0 Å². The molecule has 2 atom stereocenters. The summed E-state index contributed by atoms with van der Waals surface area (Å²) in [5, 5.41) is 9.30. The van der Waals surface area contributed by atoms with Crippen LogP contribution >= 0.6 is 0 Å². The summed E-state index contributed by atoms with van der Waals surface area (Å²) in [4.78, 5) is 4.98. The van der Waals surface area contributed by atoms with Gasteiger partial charge in [0.25, 0.3) is 0 Å². The predicted molar refractivity (Wildman–Crippen MR) is 75.2 cm³/mol. The Hall–Kier alpha value is -1.37. The van der Waals surface area contributed by atoms with E-state index in [1.54, 1.807) is 0 Å². The molecule has 0 spiro atoms. The van der Waals surface area contributed by atoms with Crippen molar-refractivity contribution in [3.05, 3.63) is 35.9 Å². The molecule has 1 aromatic carbocycles. The molecule has 2 aliphatic heterocycles. The van der Waals surface area contributed by atoms with Crippen molar-refractivity contribution in [2.75, 3.05) is 13.1 Å². The molecule has 3 heteroatoms. The smallest absolute Gasteiger partial charge is 0.0990 e.